The summed E-state index contributed by atoms with van der Waals surface area (Å²) in [5.74, 6) is 0. The van der Waals surface area contributed by atoms with Crippen molar-refractivity contribution in [3.63, 3.8) is 0 Å². The molecule has 4 heteroatoms. The van der Waals surface area contributed by atoms with Gasteiger partial charge in [-0.05, 0) is 12.1 Å². The van der Waals surface area contributed by atoms with Gasteiger partial charge in [0.15, 0.2) is 0 Å². The lowest BCUT2D eigenvalue weighted by molar-refractivity contribution is 1.12. The molecule has 0 unspecified atom stereocenters. The summed E-state index contributed by atoms with van der Waals surface area (Å²) in [6.45, 7) is 0. The Morgan fingerprint density at radius 1 is 1.16 bits per heavy atom. The molecule has 0 spiro atoms. The maximum absolute atomic E-state index is 6.26. The van der Waals surface area contributed by atoms with Crippen LogP contribution in [0.5, 0.6) is 0 Å². The van der Waals surface area contributed by atoms with Gasteiger partial charge in [0.25, 0.3) is 0 Å². The molecule has 4 nitrogen and oxygen atoms in total. The van der Waals surface area contributed by atoms with E-state index in [2.05, 4.69) is 16.0 Å². The number of nitrogens with one attached hydrogen (secondary N) is 1. The molecule has 3 N–H and O–H groups in total. The van der Waals surface area contributed by atoms with Gasteiger partial charge in [-0.2, -0.15) is 0 Å². The predicted octanol–water partition coefficient (Wildman–Crippen LogP) is 2.88. The molecule has 2 aromatic heterocycles. The molecule has 0 radical (unpaired) electrons. The first-order valence-corrected chi connectivity index (χ1v) is 6.17. The maximum atomic E-state index is 6.26. The predicted molar refractivity (Wildman–Crippen MR) is 80.3 cm³/mol. The van der Waals surface area contributed by atoms with Crippen molar-refractivity contribution in [2.45, 2.75) is 0 Å². The fourth-order valence-electron chi connectivity index (χ4n) is 2.35. The van der Waals surface area contributed by atoms with E-state index in [1.54, 1.807) is 6.20 Å². The van der Waals surface area contributed by atoms with Gasteiger partial charge >= 0.3 is 0 Å². The summed E-state index contributed by atoms with van der Waals surface area (Å²) >= 11 is 0. The van der Waals surface area contributed by atoms with Crippen LogP contribution < -0.4 is 10.6 Å². The molecule has 3 rings (SSSR count). The van der Waals surface area contributed by atoms with Gasteiger partial charge in [0, 0.05) is 37.4 Å². The van der Waals surface area contributed by atoms with Crippen LogP contribution in [0.1, 0.15) is 0 Å². The Labute approximate surface area is 111 Å². The highest BCUT2D eigenvalue weighted by Gasteiger charge is 2.12. The number of nitrogens with two attached hydrogens (primary N) is 1. The third-order valence-corrected chi connectivity index (χ3v) is 3.29. The van der Waals surface area contributed by atoms with Crippen molar-refractivity contribution in [2.75, 3.05) is 24.7 Å². The van der Waals surface area contributed by atoms with Crippen LogP contribution in [0.2, 0.25) is 0 Å². The molecule has 0 bridgehead atoms. The topological polar surface area (TPSA) is 57.9 Å². The van der Waals surface area contributed by atoms with Crippen LogP contribution >= 0.6 is 0 Å². The van der Waals surface area contributed by atoms with Gasteiger partial charge in [0.2, 0.25) is 0 Å². The Kier molecular flexibility index (Phi) is 2.63. The number of hydrogen-bond donors (Lipinski definition) is 2. The molecular formula is C15H16N4. The first-order chi connectivity index (χ1) is 9.18. The minimum atomic E-state index is 0.703. The first kappa shape index (κ1) is 11.6. The molecule has 19 heavy (non-hydrogen) atoms. The minimum absolute atomic E-state index is 0.703. The molecule has 0 saturated carbocycles. The lowest BCUT2D eigenvalue weighted by atomic mass is 10.1. The number of rotatable bonds is 2. The molecule has 0 aliphatic rings. The van der Waals surface area contributed by atoms with E-state index in [1.807, 2.05) is 49.5 Å². The number of benzene rings is 1. The molecule has 0 aliphatic carbocycles. The van der Waals surface area contributed by atoms with Gasteiger partial charge in [0.1, 0.15) is 0 Å². The number of anilines is 2. The van der Waals surface area contributed by atoms with Gasteiger partial charge < -0.3 is 15.6 Å². The molecule has 2 heterocycles. The summed E-state index contributed by atoms with van der Waals surface area (Å²) in [5.41, 5.74) is 10.9. The summed E-state index contributed by atoms with van der Waals surface area (Å²) in [5, 5.41) is 1.16. The molecule has 0 amide bonds. The van der Waals surface area contributed by atoms with E-state index >= 15 is 0 Å². The van der Waals surface area contributed by atoms with E-state index in [9.17, 15) is 0 Å². The van der Waals surface area contributed by atoms with E-state index in [1.165, 1.54) is 0 Å². The van der Waals surface area contributed by atoms with Gasteiger partial charge in [-0.1, -0.05) is 18.2 Å². The average Bonchev–Trinajstić information content (AvgIpc) is 2.87. The van der Waals surface area contributed by atoms with Crippen LogP contribution in [0.25, 0.3) is 22.2 Å². The van der Waals surface area contributed by atoms with E-state index in [0.717, 1.165) is 27.8 Å². The monoisotopic (exact) mass is 252 g/mol. The highest BCUT2D eigenvalue weighted by molar-refractivity contribution is 5.97. The maximum Gasteiger partial charge on any atom is 0.0973 e. The third-order valence-electron chi connectivity index (χ3n) is 3.29. The summed E-state index contributed by atoms with van der Waals surface area (Å²) < 4.78 is 0. The summed E-state index contributed by atoms with van der Waals surface area (Å²) in [6.07, 6.45) is 3.73. The number of para-hydroxylation sites is 1. The highest BCUT2D eigenvalue weighted by atomic mass is 15.1. The number of hydrogen-bond acceptors (Lipinski definition) is 3. The number of aromatic amines is 1. The summed E-state index contributed by atoms with van der Waals surface area (Å²) in [6, 6.07) is 10.1. The van der Waals surface area contributed by atoms with Gasteiger partial charge in [-0.3, -0.25) is 4.98 Å². The Morgan fingerprint density at radius 3 is 2.79 bits per heavy atom. The van der Waals surface area contributed by atoms with Crippen LogP contribution in [0, 0.1) is 0 Å². The third kappa shape index (κ3) is 1.81. The van der Waals surface area contributed by atoms with Crippen LogP contribution in [-0.2, 0) is 0 Å². The quantitative estimate of drug-likeness (QED) is 0.737. The molecule has 0 atom stereocenters. The van der Waals surface area contributed by atoms with E-state index < -0.39 is 0 Å². The van der Waals surface area contributed by atoms with E-state index in [4.69, 9.17) is 5.73 Å². The van der Waals surface area contributed by atoms with E-state index in [0.29, 0.717) is 5.69 Å². The standard InChI is InChI=1S/C15H16N4/c1-19(2)12-7-9-18-15(13(12)16)11-5-3-4-10-6-8-17-14(10)11/h3-9,17H,16H2,1-2H3. The van der Waals surface area contributed by atoms with Crippen molar-refractivity contribution in [1.29, 1.82) is 0 Å². The second-order valence-corrected chi connectivity index (χ2v) is 4.73. The van der Waals surface area contributed by atoms with Crippen LogP contribution in [0.15, 0.2) is 42.7 Å². The van der Waals surface area contributed by atoms with Crippen molar-refractivity contribution in [3.05, 3.63) is 42.7 Å². The Morgan fingerprint density at radius 2 is 2.00 bits per heavy atom. The number of H-pyrrole nitrogens is 1. The van der Waals surface area contributed by atoms with Crippen LogP contribution in [0.4, 0.5) is 11.4 Å². The zero-order chi connectivity index (χ0) is 13.4. The highest BCUT2D eigenvalue weighted by Crippen LogP contribution is 2.34. The summed E-state index contributed by atoms with van der Waals surface area (Å²) in [4.78, 5) is 9.70. The molecule has 3 aromatic rings. The lowest BCUT2D eigenvalue weighted by Crippen LogP contribution is -2.12. The van der Waals surface area contributed by atoms with Crippen LogP contribution in [0.3, 0.4) is 0 Å². The van der Waals surface area contributed by atoms with Gasteiger partial charge in [0.05, 0.1) is 22.6 Å². The Balaban J connectivity index is 2.27. The second-order valence-electron chi connectivity index (χ2n) is 4.73. The Bertz CT molecular complexity index is 728. The number of nitrogen functional groups attached to an aromatic ring is 1. The minimum Gasteiger partial charge on any atom is -0.395 e. The van der Waals surface area contributed by atoms with Crippen molar-refractivity contribution in [1.82, 2.24) is 9.97 Å². The lowest BCUT2D eigenvalue weighted by Gasteiger charge is -2.17. The SMILES string of the molecule is CN(C)c1ccnc(-c2cccc3cc[nH]c23)c1N. The molecule has 0 saturated heterocycles. The molecule has 96 valence electrons. The number of fused-ring (bicyclic) bond motifs is 1. The first-order valence-electron chi connectivity index (χ1n) is 6.17. The van der Waals surface area contributed by atoms with Crippen molar-refractivity contribution < 1.29 is 0 Å². The van der Waals surface area contributed by atoms with Crippen molar-refractivity contribution in [2.24, 2.45) is 0 Å². The van der Waals surface area contributed by atoms with Crippen LogP contribution in [-0.4, -0.2) is 24.1 Å². The smallest absolute Gasteiger partial charge is 0.0973 e. The molecule has 1 aromatic carbocycles. The number of nitrogens with zero attached hydrogens (tertiary/aromatic N) is 2. The van der Waals surface area contributed by atoms with E-state index in [-0.39, 0.29) is 0 Å². The Hall–Kier alpha value is -2.49. The molecular weight excluding hydrogens is 236 g/mol. The normalized spacial score (nSPS) is 10.8. The van der Waals surface area contributed by atoms with Gasteiger partial charge in [-0.15, -0.1) is 0 Å². The second kappa shape index (κ2) is 4.31. The van der Waals surface area contributed by atoms with Gasteiger partial charge in [-0.25, -0.2) is 0 Å². The summed E-state index contributed by atoms with van der Waals surface area (Å²) in [7, 11) is 3.95. The largest absolute Gasteiger partial charge is 0.395 e. The fraction of sp³-hybridized carbons (Fsp3) is 0.133. The average molecular weight is 252 g/mol. The zero-order valence-electron chi connectivity index (χ0n) is 11.0. The van der Waals surface area contributed by atoms with Crippen molar-refractivity contribution in [3.8, 4) is 11.3 Å². The number of aromatic nitrogens is 2. The number of pyridine rings is 1. The van der Waals surface area contributed by atoms with Crippen molar-refractivity contribution >= 4 is 22.3 Å². The fourth-order valence-corrected chi connectivity index (χ4v) is 2.35. The zero-order valence-corrected chi connectivity index (χ0v) is 11.0. The molecule has 0 aliphatic heterocycles. The molecule has 0 fully saturated rings.